The van der Waals surface area contributed by atoms with Crippen molar-refractivity contribution in [2.75, 3.05) is 0 Å². The van der Waals surface area contributed by atoms with Crippen LogP contribution in [0.4, 0.5) is 0 Å². The van der Waals surface area contributed by atoms with Crippen LogP contribution in [0, 0.1) is 23.7 Å². The fourth-order valence-electron chi connectivity index (χ4n) is 3.89. The normalized spacial score (nSPS) is 46.1. The molecule has 6 atom stereocenters. The Kier molecular flexibility index (Phi) is 3.91. The van der Waals surface area contributed by atoms with E-state index in [4.69, 9.17) is 0 Å². The van der Waals surface area contributed by atoms with Gasteiger partial charge in [-0.2, -0.15) is 0 Å². The Morgan fingerprint density at radius 3 is 2.56 bits per heavy atom. The predicted molar refractivity (Wildman–Crippen MR) is 65.0 cm³/mol. The van der Waals surface area contributed by atoms with Crippen LogP contribution < -0.4 is 0 Å². The maximum atomic E-state index is 10.4. The molecule has 2 saturated carbocycles. The third-order valence-corrected chi connectivity index (χ3v) is 5.10. The fraction of sp³-hybridized carbons (Fsp3) is 1.00. The summed E-state index contributed by atoms with van der Waals surface area (Å²) in [5.41, 5.74) is 0. The van der Waals surface area contributed by atoms with Crippen molar-refractivity contribution < 1.29 is 10.2 Å². The molecule has 2 aliphatic rings. The third-order valence-electron chi connectivity index (χ3n) is 5.10. The Morgan fingerprint density at radius 1 is 1.19 bits per heavy atom. The van der Waals surface area contributed by atoms with Gasteiger partial charge in [-0.05, 0) is 37.0 Å². The summed E-state index contributed by atoms with van der Waals surface area (Å²) in [6.07, 6.45) is 6.24. The van der Waals surface area contributed by atoms with Gasteiger partial charge in [0.15, 0.2) is 0 Å². The third kappa shape index (κ3) is 2.14. The van der Waals surface area contributed by atoms with Gasteiger partial charge in [-0.1, -0.05) is 33.1 Å². The second-order valence-corrected chi connectivity index (χ2v) is 5.96. The molecule has 2 nitrogen and oxygen atoms in total. The van der Waals surface area contributed by atoms with Crippen LogP contribution in [0.2, 0.25) is 0 Å². The Balaban J connectivity index is 2.10. The summed E-state index contributed by atoms with van der Waals surface area (Å²) in [7, 11) is 0. The van der Waals surface area contributed by atoms with Crippen LogP contribution in [0.25, 0.3) is 0 Å². The first-order valence-electron chi connectivity index (χ1n) is 7.01. The quantitative estimate of drug-likeness (QED) is 0.760. The van der Waals surface area contributed by atoms with E-state index in [0.717, 1.165) is 25.7 Å². The molecule has 0 spiro atoms. The summed E-state index contributed by atoms with van der Waals surface area (Å²) in [6.45, 7) is 4.44. The lowest BCUT2D eigenvalue weighted by atomic mass is 9.85. The fourth-order valence-corrected chi connectivity index (χ4v) is 3.89. The molecule has 0 saturated heterocycles. The van der Waals surface area contributed by atoms with Gasteiger partial charge in [0.05, 0.1) is 12.2 Å². The van der Waals surface area contributed by atoms with Crippen molar-refractivity contribution in [1.29, 1.82) is 0 Å². The highest BCUT2D eigenvalue weighted by molar-refractivity contribution is 4.96. The molecule has 16 heavy (non-hydrogen) atoms. The van der Waals surface area contributed by atoms with E-state index in [1.54, 1.807) is 0 Å². The lowest BCUT2D eigenvalue weighted by Crippen LogP contribution is -2.34. The van der Waals surface area contributed by atoms with Crippen LogP contribution in [0.1, 0.15) is 52.4 Å². The molecular formula is C14H26O2. The van der Waals surface area contributed by atoms with Crippen molar-refractivity contribution in [1.82, 2.24) is 0 Å². The van der Waals surface area contributed by atoms with Crippen LogP contribution in [0.15, 0.2) is 0 Å². The smallest absolute Gasteiger partial charge is 0.0626 e. The highest BCUT2D eigenvalue weighted by atomic mass is 16.3. The predicted octanol–water partition coefficient (Wildman–Crippen LogP) is 2.58. The molecule has 0 radical (unpaired) electrons. The maximum Gasteiger partial charge on any atom is 0.0626 e. The van der Waals surface area contributed by atoms with E-state index in [1.165, 1.54) is 12.8 Å². The van der Waals surface area contributed by atoms with E-state index in [0.29, 0.717) is 17.8 Å². The first kappa shape index (κ1) is 12.4. The Labute approximate surface area is 99.1 Å². The van der Waals surface area contributed by atoms with Gasteiger partial charge >= 0.3 is 0 Å². The highest BCUT2D eigenvalue weighted by Gasteiger charge is 2.47. The molecule has 2 aliphatic carbocycles. The van der Waals surface area contributed by atoms with Crippen LogP contribution in [-0.4, -0.2) is 22.4 Å². The number of aliphatic hydroxyl groups is 2. The molecule has 0 aromatic carbocycles. The summed E-state index contributed by atoms with van der Waals surface area (Å²) in [5, 5.41) is 20.6. The molecule has 2 rings (SSSR count). The van der Waals surface area contributed by atoms with E-state index in [1.807, 2.05) is 0 Å². The van der Waals surface area contributed by atoms with E-state index >= 15 is 0 Å². The first-order valence-corrected chi connectivity index (χ1v) is 7.01. The average Bonchev–Trinajstić information content (AvgIpc) is 2.48. The van der Waals surface area contributed by atoms with Crippen molar-refractivity contribution >= 4 is 0 Å². The van der Waals surface area contributed by atoms with Crippen molar-refractivity contribution in [3.8, 4) is 0 Å². The average molecular weight is 226 g/mol. The number of rotatable bonds is 2. The topological polar surface area (TPSA) is 40.5 Å². The number of fused-ring (bicyclic) bond motifs is 1. The summed E-state index contributed by atoms with van der Waals surface area (Å²) in [4.78, 5) is 0. The Morgan fingerprint density at radius 2 is 1.88 bits per heavy atom. The number of aliphatic hydroxyl groups excluding tert-OH is 2. The van der Waals surface area contributed by atoms with Gasteiger partial charge in [-0.25, -0.2) is 0 Å². The number of hydrogen-bond donors (Lipinski definition) is 2. The van der Waals surface area contributed by atoms with E-state index in [9.17, 15) is 10.2 Å². The zero-order valence-corrected chi connectivity index (χ0v) is 10.6. The van der Waals surface area contributed by atoms with Crippen LogP contribution in [-0.2, 0) is 0 Å². The Hall–Kier alpha value is -0.0800. The second kappa shape index (κ2) is 5.05. The molecule has 0 amide bonds. The van der Waals surface area contributed by atoms with Crippen molar-refractivity contribution in [2.24, 2.45) is 23.7 Å². The molecule has 6 unspecified atom stereocenters. The van der Waals surface area contributed by atoms with Crippen molar-refractivity contribution in [3.05, 3.63) is 0 Å². The zero-order valence-electron chi connectivity index (χ0n) is 10.6. The van der Waals surface area contributed by atoms with Crippen LogP contribution >= 0.6 is 0 Å². The standard InChI is InChI=1S/C14H26O2/c1-3-9(2)11-8-10-6-4-5-7-12(15)13(10)14(11)16/h9-16H,3-8H2,1-2H3. The molecule has 94 valence electrons. The van der Waals surface area contributed by atoms with Crippen LogP contribution in [0.5, 0.6) is 0 Å². The SMILES string of the molecule is CCC(C)C1CC2CCCCC(O)C2C1O. The molecule has 0 aromatic rings. The van der Waals surface area contributed by atoms with Gasteiger partial charge in [0.1, 0.15) is 0 Å². The first-order chi connectivity index (χ1) is 7.65. The molecule has 0 aromatic heterocycles. The summed E-state index contributed by atoms with van der Waals surface area (Å²) < 4.78 is 0. The van der Waals surface area contributed by atoms with Gasteiger partial charge in [0.2, 0.25) is 0 Å². The monoisotopic (exact) mass is 226 g/mol. The largest absolute Gasteiger partial charge is 0.393 e. The lowest BCUT2D eigenvalue weighted by Gasteiger charge is -2.27. The van der Waals surface area contributed by atoms with Gasteiger partial charge < -0.3 is 10.2 Å². The minimum absolute atomic E-state index is 0.168. The van der Waals surface area contributed by atoms with E-state index < -0.39 is 0 Å². The zero-order chi connectivity index (χ0) is 11.7. The highest BCUT2D eigenvalue weighted by Crippen LogP contribution is 2.47. The maximum absolute atomic E-state index is 10.4. The minimum Gasteiger partial charge on any atom is -0.393 e. The van der Waals surface area contributed by atoms with Crippen molar-refractivity contribution in [2.45, 2.75) is 64.6 Å². The molecule has 0 bridgehead atoms. The second-order valence-electron chi connectivity index (χ2n) is 5.96. The summed E-state index contributed by atoms with van der Waals surface area (Å²) in [6, 6.07) is 0. The van der Waals surface area contributed by atoms with Gasteiger partial charge in [0.25, 0.3) is 0 Å². The van der Waals surface area contributed by atoms with Gasteiger partial charge in [-0.15, -0.1) is 0 Å². The summed E-state index contributed by atoms with van der Waals surface area (Å²) in [5.74, 6) is 1.76. The van der Waals surface area contributed by atoms with E-state index in [-0.39, 0.29) is 18.1 Å². The molecule has 2 N–H and O–H groups in total. The molecule has 2 heteroatoms. The van der Waals surface area contributed by atoms with E-state index in [2.05, 4.69) is 13.8 Å². The molecule has 0 aliphatic heterocycles. The van der Waals surface area contributed by atoms with Crippen LogP contribution in [0.3, 0.4) is 0 Å². The lowest BCUT2D eigenvalue weighted by molar-refractivity contribution is -0.00834. The molecule has 0 heterocycles. The van der Waals surface area contributed by atoms with Gasteiger partial charge in [0, 0.05) is 5.92 Å². The minimum atomic E-state index is -0.256. The Bertz CT molecular complexity index is 229. The van der Waals surface area contributed by atoms with Gasteiger partial charge in [-0.3, -0.25) is 0 Å². The van der Waals surface area contributed by atoms with Crippen molar-refractivity contribution in [3.63, 3.8) is 0 Å². The molecule has 2 fully saturated rings. The summed E-state index contributed by atoms with van der Waals surface area (Å²) >= 11 is 0. The number of hydrogen-bond acceptors (Lipinski definition) is 2. The molecular weight excluding hydrogens is 200 g/mol.